The van der Waals surface area contributed by atoms with Crippen molar-refractivity contribution in [2.45, 2.75) is 13.0 Å². The summed E-state index contributed by atoms with van der Waals surface area (Å²) >= 11 is 3.35. The molecule has 0 fully saturated rings. The van der Waals surface area contributed by atoms with E-state index in [-0.39, 0.29) is 24.7 Å². The van der Waals surface area contributed by atoms with Gasteiger partial charge in [0.1, 0.15) is 5.82 Å². The maximum Gasteiger partial charge on any atom is 0.310 e. The minimum atomic E-state index is -0.454. The number of esters is 1. The fourth-order valence-corrected chi connectivity index (χ4v) is 2.26. The fourth-order valence-electron chi connectivity index (χ4n) is 1.99. The van der Waals surface area contributed by atoms with E-state index in [1.807, 2.05) is 24.3 Å². The van der Waals surface area contributed by atoms with E-state index in [2.05, 4.69) is 26.1 Å². The Kier molecular flexibility index (Phi) is 5.00. The van der Waals surface area contributed by atoms with Crippen molar-refractivity contribution in [3.8, 4) is 11.4 Å². The van der Waals surface area contributed by atoms with Crippen LogP contribution in [0.4, 0.5) is 4.39 Å². The Morgan fingerprint density at radius 2 is 1.83 bits per heavy atom. The number of ether oxygens (including phenoxy) is 1. The highest BCUT2D eigenvalue weighted by molar-refractivity contribution is 9.10. The largest absolute Gasteiger partial charge is 0.455 e. The van der Waals surface area contributed by atoms with Crippen LogP contribution in [0.5, 0.6) is 0 Å². The molecule has 0 saturated carbocycles. The predicted octanol–water partition coefficient (Wildman–Crippen LogP) is 3.92. The van der Waals surface area contributed by atoms with Gasteiger partial charge in [0.2, 0.25) is 5.82 Å². The molecule has 0 radical (unpaired) electrons. The van der Waals surface area contributed by atoms with Crippen LogP contribution in [0, 0.1) is 5.82 Å². The number of rotatable bonds is 5. The van der Waals surface area contributed by atoms with Gasteiger partial charge in [0.25, 0.3) is 5.89 Å². The van der Waals surface area contributed by atoms with Crippen molar-refractivity contribution in [3.63, 3.8) is 0 Å². The summed E-state index contributed by atoms with van der Waals surface area (Å²) in [6, 6.07) is 13.1. The third-order valence-electron chi connectivity index (χ3n) is 3.19. The molecule has 3 rings (SSSR count). The Hall–Kier alpha value is -2.54. The maximum atomic E-state index is 12.8. The van der Waals surface area contributed by atoms with E-state index in [1.165, 1.54) is 24.3 Å². The summed E-state index contributed by atoms with van der Waals surface area (Å²) in [5.41, 5.74) is 1.47. The van der Waals surface area contributed by atoms with Crippen LogP contribution < -0.4 is 0 Å². The highest BCUT2D eigenvalue weighted by atomic mass is 79.9. The van der Waals surface area contributed by atoms with Gasteiger partial charge in [-0.1, -0.05) is 33.2 Å². The number of halogens is 2. The standard InChI is InChI=1S/C17H12BrFN2O3/c18-13-5-3-12(4-6-13)17-20-15(24-21-17)10-23-16(22)9-11-1-7-14(19)8-2-11/h1-8H,9-10H2. The average molecular weight is 391 g/mol. The van der Waals surface area contributed by atoms with Crippen LogP contribution in [-0.2, 0) is 22.6 Å². The van der Waals surface area contributed by atoms with E-state index in [1.54, 1.807) is 0 Å². The van der Waals surface area contributed by atoms with Gasteiger partial charge in [0.15, 0.2) is 6.61 Å². The van der Waals surface area contributed by atoms with Crippen LogP contribution in [0.25, 0.3) is 11.4 Å². The normalized spacial score (nSPS) is 10.6. The molecule has 0 amide bonds. The summed E-state index contributed by atoms with van der Waals surface area (Å²) in [7, 11) is 0. The topological polar surface area (TPSA) is 65.2 Å². The molecule has 7 heteroatoms. The van der Waals surface area contributed by atoms with E-state index in [0.29, 0.717) is 11.4 Å². The Morgan fingerprint density at radius 1 is 1.12 bits per heavy atom. The Morgan fingerprint density at radius 3 is 2.54 bits per heavy atom. The zero-order chi connectivity index (χ0) is 16.9. The van der Waals surface area contributed by atoms with Gasteiger partial charge in [-0.3, -0.25) is 4.79 Å². The van der Waals surface area contributed by atoms with Gasteiger partial charge in [0.05, 0.1) is 6.42 Å². The summed E-state index contributed by atoms with van der Waals surface area (Å²) in [6.07, 6.45) is 0.0496. The van der Waals surface area contributed by atoms with Crippen LogP contribution in [-0.4, -0.2) is 16.1 Å². The molecule has 1 aromatic heterocycles. The summed E-state index contributed by atoms with van der Waals surface area (Å²) < 4.78 is 23.9. The fraction of sp³-hybridized carbons (Fsp3) is 0.118. The zero-order valence-corrected chi connectivity index (χ0v) is 14.0. The molecular weight excluding hydrogens is 379 g/mol. The van der Waals surface area contributed by atoms with Crippen molar-refractivity contribution >= 4 is 21.9 Å². The first-order valence-corrected chi connectivity index (χ1v) is 7.88. The number of nitrogens with zero attached hydrogens (tertiary/aromatic N) is 2. The number of carbonyl (C=O) groups is 1. The number of benzene rings is 2. The molecule has 122 valence electrons. The molecule has 0 aliphatic carbocycles. The zero-order valence-electron chi connectivity index (χ0n) is 12.4. The number of carbonyl (C=O) groups excluding carboxylic acids is 1. The van der Waals surface area contributed by atoms with Gasteiger partial charge in [-0.15, -0.1) is 0 Å². The number of hydrogen-bond acceptors (Lipinski definition) is 5. The van der Waals surface area contributed by atoms with Gasteiger partial charge >= 0.3 is 5.97 Å². The minimum Gasteiger partial charge on any atom is -0.455 e. The lowest BCUT2D eigenvalue weighted by Gasteiger charge is -2.02. The smallest absolute Gasteiger partial charge is 0.310 e. The third kappa shape index (κ3) is 4.26. The lowest BCUT2D eigenvalue weighted by molar-refractivity contribution is -0.144. The first-order chi connectivity index (χ1) is 11.6. The monoisotopic (exact) mass is 390 g/mol. The van der Waals surface area contributed by atoms with Gasteiger partial charge in [-0.05, 0) is 42.0 Å². The van der Waals surface area contributed by atoms with Crippen molar-refractivity contribution in [2.24, 2.45) is 0 Å². The van der Waals surface area contributed by atoms with Crippen molar-refractivity contribution in [2.75, 3.05) is 0 Å². The Labute approximate surface area is 145 Å². The van der Waals surface area contributed by atoms with Gasteiger partial charge in [-0.25, -0.2) is 4.39 Å². The van der Waals surface area contributed by atoms with Crippen LogP contribution in [0.1, 0.15) is 11.5 Å². The van der Waals surface area contributed by atoms with E-state index < -0.39 is 5.97 Å². The van der Waals surface area contributed by atoms with Crippen LogP contribution in [0.3, 0.4) is 0 Å². The molecule has 0 atom stereocenters. The van der Waals surface area contributed by atoms with Gasteiger partial charge in [0, 0.05) is 10.0 Å². The summed E-state index contributed by atoms with van der Waals surface area (Å²) in [4.78, 5) is 16.0. The molecule has 5 nitrogen and oxygen atoms in total. The molecule has 1 heterocycles. The lowest BCUT2D eigenvalue weighted by Crippen LogP contribution is -2.08. The van der Waals surface area contributed by atoms with Crippen molar-refractivity contribution < 1.29 is 18.4 Å². The van der Waals surface area contributed by atoms with E-state index in [0.717, 1.165) is 10.0 Å². The average Bonchev–Trinajstić information content (AvgIpc) is 3.05. The highest BCUT2D eigenvalue weighted by Crippen LogP contribution is 2.19. The van der Waals surface area contributed by atoms with Crippen molar-refractivity contribution in [3.05, 3.63) is 70.3 Å². The van der Waals surface area contributed by atoms with Crippen LogP contribution in [0.2, 0.25) is 0 Å². The van der Waals surface area contributed by atoms with E-state index in [9.17, 15) is 9.18 Å². The van der Waals surface area contributed by atoms with Crippen molar-refractivity contribution in [1.82, 2.24) is 10.1 Å². The number of aromatic nitrogens is 2. The second-order valence-electron chi connectivity index (χ2n) is 4.98. The molecule has 0 aliphatic rings. The predicted molar refractivity (Wildman–Crippen MR) is 87.3 cm³/mol. The second kappa shape index (κ2) is 7.35. The summed E-state index contributed by atoms with van der Waals surface area (Å²) in [5.74, 6) is -0.170. The molecule has 24 heavy (non-hydrogen) atoms. The summed E-state index contributed by atoms with van der Waals surface area (Å²) in [5, 5.41) is 3.85. The molecule has 0 unspecified atom stereocenters. The van der Waals surface area contributed by atoms with Crippen LogP contribution >= 0.6 is 15.9 Å². The molecule has 3 aromatic rings. The first-order valence-electron chi connectivity index (χ1n) is 7.09. The van der Waals surface area contributed by atoms with Gasteiger partial charge < -0.3 is 9.26 Å². The van der Waals surface area contributed by atoms with E-state index in [4.69, 9.17) is 9.26 Å². The van der Waals surface area contributed by atoms with E-state index >= 15 is 0 Å². The molecule has 0 bridgehead atoms. The minimum absolute atomic E-state index is 0.0496. The Balaban J connectivity index is 1.56. The lowest BCUT2D eigenvalue weighted by atomic mass is 10.1. The van der Waals surface area contributed by atoms with Crippen LogP contribution in [0.15, 0.2) is 57.5 Å². The molecule has 0 saturated heterocycles. The third-order valence-corrected chi connectivity index (χ3v) is 3.72. The second-order valence-corrected chi connectivity index (χ2v) is 5.90. The SMILES string of the molecule is O=C(Cc1ccc(F)cc1)OCc1nc(-c2ccc(Br)cc2)no1. The molecule has 0 spiro atoms. The highest BCUT2D eigenvalue weighted by Gasteiger charge is 2.11. The quantitative estimate of drug-likeness (QED) is 0.617. The number of hydrogen-bond donors (Lipinski definition) is 0. The molecule has 2 aromatic carbocycles. The maximum absolute atomic E-state index is 12.8. The van der Waals surface area contributed by atoms with Crippen molar-refractivity contribution in [1.29, 1.82) is 0 Å². The Bertz CT molecular complexity index is 832. The molecular formula is C17H12BrFN2O3. The van der Waals surface area contributed by atoms with Gasteiger partial charge in [-0.2, -0.15) is 4.98 Å². The molecule has 0 N–H and O–H groups in total. The molecule has 0 aliphatic heterocycles. The summed E-state index contributed by atoms with van der Waals surface area (Å²) in [6.45, 7) is -0.108. The first kappa shape index (κ1) is 16.3.